The van der Waals surface area contributed by atoms with Crippen LogP contribution >= 0.6 is 0 Å². The Hall–Kier alpha value is -1.40. The summed E-state index contributed by atoms with van der Waals surface area (Å²) in [4.78, 5) is 21.2. The molecular formula is C11H16N4O2. The average Bonchev–Trinajstić information content (AvgIpc) is 2.74. The van der Waals surface area contributed by atoms with E-state index in [-0.39, 0.29) is 24.5 Å². The van der Waals surface area contributed by atoms with Crippen molar-refractivity contribution in [3.05, 3.63) is 17.7 Å². The number of fused-ring (bicyclic) bond motifs is 1. The molecule has 1 aromatic heterocycles. The van der Waals surface area contributed by atoms with Crippen LogP contribution in [-0.2, 0) is 17.8 Å². The van der Waals surface area contributed by atoms with Gasteiger partial charge in [-0.2, -0.15) is 0 Å². The zero-order valence-corrected chi connectivity index (χ0v) is 9.52. The number of hydrogen-bond donors (Lipinski definition) is 3. The van der Waals surface area contributed by atoms with Crippen LogP contribution in [0.25, 0.3) is 0 Å². The number of H-pyrrole nitrogens is 1. The van der Waals surface area contributed by atoms with Gasteiger partial charge >= 0.3 is 0 Å². The molecule has 0 bridgehead atoms. The molecule has 1 saturated heterocycles. The van der Waals surface area contributed by atoms with Crippen LogP contribution in [0.15, 0.2) is 6.33 Å². The lowest BCUT2D eigenvalue weighted by molar-refractivity contribution is -0.141. The minimum absolute atomic E-state index is 0.128. The van der Waals surface area contributed by atoms with Crippen LogP contribution in [0.5, 0.6) is 0 Å². The van der Waals surface area contributed by atoms with Gasteiger partial charge in [0.2, 0.25) is 5.91 Å². The Morgan fingerprint density at radius 1 is 1.59 bits per heavy atom. The summed E-state index contributed by atoms with van der Waals surface area (Å²) in [6, 6.07) is -0.162. The Labute approximate surface area is 99.0 Å². The average molecular weight is 236 g/mol. The van der Waals surface area contributed by atoms with E-state index in [4.69, 9.17) is 5.11 Å². The maximum Gasteiger partial charge on any atom is 0.240 e. The van der Waals surface area contributed by atoms with Crippen LogP contribution in [0, 0.1) is 5.92 Å². The first-order chi connectivity index (χ1) is 8.28. The van der Waals surface area contributed by atoms with Gasteiger partial charge in [-0.05, 0) is 0 Å². The van der Waals surface area contributed by atoms with Gasteiger partial charge in [0.1, 0.15) is 0 Å². The number of aromatic amines is 1. The highest BCUT2D eigenvalue weighted by molar-refractivity contribution is 5.83. The van der Waals surface area contributed by atoms with E-state index < -0.39 is 0 Å². The Bertz CT molecular complexity index is 425. The number of imidazole rings is 1. The van der Waals surface area contributed by atoms with Gasteiger partial charge in [-0.25, -0.2) is 4.98 Å². The Balaban J connectivity index is 1.62. The molecule has 92 valence electrons. The van der Waals surface area contributed by atoms with Crippen LogP contribution in [0.3, 0.4) is 0 Å². The molecule has 0 aromatic carbocycles. The summed E-state index contributed by atoms with van der Waals surface area (Å²) in [6.45, 7) is 2.20. The molecule has 6 nitrogen and oxygen atoms in total. The number of aromatic nitrogens is 2. The largest absolute Gasteiger partial charge is 0.396 e. The molecule has 2 aliphatic heterocycles. The number of amides is 1. The quantitative estimate of drug-likeness (QED) is 0.607. The summed E-state index contributed by atoms with van der Waals surface area (Å²) < 4.78 is 0. The number of rotatable bonds is 2. The van der Waals surface area contributed by atoms with Crippen molar-refractivity contribution in [3.63, 3.8) is 0 Å². The van der Waals surface area contributed by atoms with Crippen molar-refractivity contribution in [3.8, 4) is 0 Å². The van der Waals surface area contributed by atoms with E-state index >= 15 is 0 Å². The molecule has 1 fully saturated rings. The van der Waals surface area contributed by atoms with E-state index in [0.29, 0.717) is 26.1 Å². The van der Waals surface area contributed by atoms with E-state index in [1.54, 1.807) is 11.2 Å². The maximum absolute atomic E-state index is 12.1. The molecule has 0 radical (unpaired) electrons. The topological polar surface area (TPSA) is 81.2 Å². The molecule has 2 aliphatic rings. The molecule has 6 heteroatoms. The van der Waals surface area contributed by atoms with Gasteiger partial charge < -0.3 is 15.0 Å². The van der Waals surface area contributed by atoms with E-state index in [1.807, 2.05) is 0 Å². The van der Waals surface area contributed by atoms with Crippen molar-refractivity contribution in [1.29, 1.82) is 0 Å². The van der Waals surface area contributed by atoms with E-state index in [0.717, 1.165) is 11.4 Å². The summed E-state index contributed by atoms with van der Waals surface area (Å²) in [5.41, 5.74) is 2.06. The Kier molecular flexibility index (Phi) is 2.60. The monoisotopic (exact) mass is 236 g/mol. The van der Waals surface area contributed by atoms with Gasteiger partial charge in [-0.15, -0.1) is 0 Å². The van der Waals surface area contributed by atoms with Gasteiger partial charge in [0.15, 0.2) is 0 Å². The van der Waals surface area contributed by atoms with E-state index in [1.165, 1.54) is 0 Å². The number of carbonyl (C=O) groups excluding carboxylic acids is 1. The van der Waals surface area contributed by atoms with Crippen LogP contribution in [-0.4, -0.2) is 51.6 Å². The number of aliphatic hydroxyl groups excluding tert-OH is 1. The van der Waals surface area contributed by atoms with Gasteiger partial charge in [0.05, 0.1) is 23.8 Å². The third-order valence-corrected chi connectivity index (χ3v) is 3.56. The number of carbonyl (C=O) groups is 1. The fourth-order valence-electron chi connectivity index (χ4n) is 2.43. The van der Waals surface area contributed by atoms with Crippen LogP contribution in [0.1, 0.15) is 11.4 Å². The normalized spacial score (nSPS) is 24.3. The van der Waals surface area contributed by atoms with Gasteiger partial charge in [-0.1, -0.05) is 0 Å². The highest BCUT2D eigenvalue weighted by atomic mass is 16.3. The maximum atomic E-state index is 12.1. The molecule has 0 aliphatic carbocycles. The fourth-order valence-corrected chi connectivity index (χ4v) is 2.43. The van der Waals surface area contributed by atoms with E-state index in [2.05, 4.69) is 15.3 Å². The highest BCUT2D eigenvalue weighted by Gasteiger charge is 2.35. The number of nitrogens with one attached hydrogen (secondary N) is 2. The molecule has 1 aromatic rings. The number of nitrogens with zero attached hydrogens (tertiary/aromatic N) is 2. The number of likely N-dealkylation sites (tertiary alicyclic amines) is 1. The summed E-state index contributed by atoms with van der Waals surface area (Å²) in [6.07, 6.45) is 2.32. The second-order valence-corrected chi connectivity index (χ2v) is 4.76. The standard InChI is InChI=1S/C11H16N4O2/c16-5-7-3-15(4-7)11(17)9-1-8-10(2-12-9)14-6-13-8/h6-7,9,12,16H,1-5H2,(H,13,14). The molecule has 3 N–H and O–H groups in total. The Morgan fingerprint density at radius 3 is 3.18 bits per heavy atom. The van der Waals surface area contributed by atoms with E-state index in [9.17, 15) is 4.79 Å². The third-order valence-electron chi connectivity index (χ3n) is 3.56. The minimum Gasteiger partial charge on any atom is -0.396 e. The first-order valence-corrected chi connectivity index (χ1v) is 5.92. The summed E-state index contributed by atoms with van der Waals surface area (Å²) in [5, 5.41) is 12.1. The summed E-state index contributed by atoms with van der Waals surface area (Å²) in [5.74, 6) is 0.395. The zero-order valence-electron chi connectivity index (χ0n) is 9.52. The van der Waals surface area contributed by atoms with Crippen LogP contribution in [0.2, 0.25) is 0 Å². The zero-order chi connectivity index (χ0) is 11.8. The SMILES string of the molecule is O=C(C1Cc2nc[nH]c2CN1)N1CC(CO)C1. The molecular weight excluding hydrogens is 220 g/mol. The predicted octanol–water partition coefficient (Wildman–Crippen LogP) is -1.13. The smallest absolute Gasteiger partial charge is 0.240 e. The van der Waals surface area contributed by atoms with Gasteiger partial charge in [-0.3, -0.25) is 10.1 Å². The number of hydrogen-bond acceptors (Lipinski definition) is 4. The number of aliphatic hydroxyl groups is 1. The second-order valence-electron chi connectivity index (χ2n) is 4.76. The first-order valence-electron chi connectivity index (χ1n) is 5.92. The molecule has 0 spiro atoms. The van der Waals surface area contributed by atoms with Gasteiger partial charge in [0.25, 0.3) is 0 Å². The van der Waals surface area contributed by atoms with Crippen molar-refractivity contribution in [1.82, 2.24) is 20.2 Å². The van der Waals surface area contributed by atoms with Crippen LogP contribution < -0.4 is 5.32 Å². The lowest BCUT2D eigenvalue weighted by Gasteiger charge is -2.40. The lowest BCUT2D eigenvalue weighted by Crippen LogP contribution is -2.58. The van der Waals surface area contributed by atoms with Gasteiger partial charge in [0, 0.05) is 38.6 Å². The first kappa shape index (κ1) is 10.7. The lowest BCUT2D eigenvalue weighted by atomic mass is 9.97. The molecule has 0 saturated carbocycles. The van der Waals surface area contributed by atoms with Crippen molar-refractivity contribution in [2.75, 3.05) is 19.7 Å². The molecule has 1 unspecified atom stereocenters. The molecule has 3 heterocycles. The molecule has 3 rings (SSSR count). The second kappa shape index (κ2) is 4.12. The van der Waals surface area contributed by atoms with Crippen molar-refractivity contribution in [2.24, 2.45) is 5.92 Å². The molecule has 1 atom stereocenters. The summed E-state index contributed by atoms with van der Waals surface area (Å²) >= 11 is 0. The van der Waals surface area contributed by atoms with Crippen LogP contribution in [0.4, 0.5) is 0 Å². The molecule has 1 amide bonds. The van der Waals surface area contributed by atoms with Crippen molar-refractivity contribution >= 4 is 5.91 Å². The summed E-state index contributed by atoms with van der Waals surface area (Å²) in [7, 11) is 0. The third kappa shape index (κ3) is 1.83. The molecule has 17 heavy (non-hydrogen) atoms. The van der Waals surface area contributed by atoms with Crippen molar-refractivity contribution in [2.45, 2.75) is 19.0 Å². The van der Waals surface area contributed by atoms with Crippen molar-refractivity contribution < 1.29 is 9.90 Å². The fraction of sp³-hybridized carbons (Fsp3) is 0.636. The predicted molar refractivity (Wildman–Crippen MR) is 60.1 cm³/mol. The minimum atomic E-state index is -0.162. The highest BCUT2D eigenvalue weighted by Crippen LogP contribution is 2.19. The Morgan fingerprint density at radius 2 is 2.41 bits per heavy atom.